The molecular formula is C17H22NO3+. The van der Waals surface area contributed by atoms with Crippen LogP contribution in [0, 0.1) is 20.8 Å². The number of ether oxygens (including phenoxy) is 1. The molecule has 0 radical (unpaired) electrons. The highest BCUT2D eigenvalue weighted by Gasteiger charge is 2.19. The Bertz CT molecular complexity index is 727. The van der Waals surface area contributed by atoms with Crippen LogP contribution in [-0.4, -0.2) is 26.3 Å². The summed E-state index contributed by atoms with van der Waals surface area (Å²) < 4.78 is 10.9. The highest BCUT2D eigenvalue weighted by Crippen LogP contribution is 2.26. The Hall–Kier alpha value is -1.65. The van der Waals surface area contributed by atoms with E-state index >= 15 is 0 Å². The van der Waals surface area contributed by atoms with Gasteiger partial charge in [0.2, 0.25) is 0 Å². The fraction of sp³-hybridized carbons (Fsp3) is 0.471. The molecule has 1 aliphatic heterocycles. The molecule has 1 fully saturated rings. The molecule has 3 rings (SSSR count). The van der Waals surface area contributed by atoms with E-state index in [1.807, 2.05) is 6.92 Å². The summed E-state index contributed by atoms with van der Waals surface area (Å²) in [5, 5.41) is 1.11. The van der Waals surface area contributed by atoms with Gasteiger partial charge in [0.15, 0.2) is 0 Å². The maximum atomic E-state index is 11.9. The van der Waals surface area contributed by atoms with Gasteiger partial charge in [-0.15, -0.1) is 0 Å². The third kappa shape index (κ3) is 2.74. The van der Waals surface area contributed by atoms with Crippen molar-refractivity contribution in [1.29, 1.82) is 0 Å². The van der Waals surface area contributed by atoms with Crippen LogP contribution in [0.5, 0.6) is 0 Å². The summed E-state index contributed by atoms with van der Waals surface area (Å²) >= 11 is 0. The Balaban J connectivity index is 2.13. The molecule has 2 aromatic rings. The third-order valence-corrected chi connectivity index (χ3v) is 4.44. The first-order valence-corrected chi connectivity index (χ1v) is 7.51. The van der Waals surface area contributed by atoms with Gasteiger partial charge in [-0.1, -0.05) is 6.07 Å². The highest BCUT2D eigenvalue weighted by atomic mass is 16.5. The van der Waals surface area contributed by atoms with Crippen molar-refractivity contribution >= 4 is 11.0 Å². The van der Waals surface area contributed by atoms with Crippen LogP contribution in [0.3, 0.4) is 0 Å². The van der Waals surface area contributed by atoms with Crippen LogP contribution in [-0.2, 0) is 11.3 Å². The van der Waals surface area contributed by atoms with E-state index < -0.39 is 0 Å². The first-order valence-electron chi connectivity index (χ1n) is 7.51. The standard InChI is InChI=1S/C17H21NO3/c1-11-8-12(2)16-14(10-18-4-6-20-7-5-18)9-15(19)21-17(16)13(11)3/h8-9H,4-7,10H2,1-3H3/p+1. The zero-order valence-electron chi connectivity index (χ0n) is 12.9. The van der Waals surface area contributed by atoms with Crippen LogP contribution < -0.4 is 10.5 Å². The van der Waals surface area contributed by atoms with Gasteiger partial charge in [-0.3, -0.25) is 0 Å². The summed E-state index contributed by atoms with van der Waals surface area (Å²) in [6.45, 7) is 10.6. The van der Waals surface area contributed by atoms with Crippen molar-refractivity contribution in [2.45, 2.75) is 27.3 Å². The Kier molecular flexibility index (Phi) is 3.83. The molecule has 1 N–H and O–H groups in total. The molecule has 0 unspecified atom stereocenters. The van der Waals surface area contributed by atoms with Gasteiger partial charge in [-0.2, -0.15) is 0 Å². The van der Waals surface area contributed by atoms with Gasteiger partial charge in [-0.25, -0.2) is 4.79 Å². The Morgan fingerprint density at radius 2 is 1.81 bits per heavy atom. The number of fused-ring (bicyclic) bond motifs is 1. The molecule has 4 nitrogen and oxygen atoms in total. The van der Waals surface area contributed by atoms with Crippen LogP contribution in [0.1, 0.15) is 22.3 Å². The van der Waals surface area contributed by atoms with E-state index in [0.29, 0.717) is 0 Å². The zero-order chi connectivity index (χ0) is 15.0. The molecule has 1 saturated heterocycles. The summed E-state index contributed by atoms with van der Waals surface area (Å²) in [6.07, 6.45) is 0. The monoisotopic (exact) mass is 288 g/mol. The van der Waals surface area contributed by atoms with Crippen LogP contribution >= 0.6 is 0 Å². The quantitative estimate of drug-likeness (QED) is 0.843. The fourth-order valence-electron chi connectivity index (χ4n) is 3.17. The number of benzene rings is 1. The Morgan fingerprint density at radius 1 is 1.10 bits per heavy atom. The largest absolute Gasteiger partial charge is 0.422 e. The number of aryl methyl sites for hydroxylation is 3. The van der Waals surface area contributed by atoms with Crippen molar-refractivity contribution in [3.8, 4) is 0 Å². The predicted octanol–water partition coefficient (Wildman–Crippen LogP) is 1.13. The lowest BCUT2D eigenvalue weighted by Crippen LogP contribution is -3.12. The number of nitrogens with one attached hydrogen (secondary N) is 1. The van der Waals surface area contributed by atoms with Gasteiger partial charge < -0.3 is 14.1 Å². The second kappa shape index (κ2) is 5.62. The van der Waals surface area contributed by atoms with Crippen molar-refractivity contribution in [3.63, 3.8) is 0 Å². The summed E-state index contributed by atoms with van der Waals surface area (Å²) in [5.74, 6) is 0. The van der Waals surface area contributed by atoms with Crippen molar-refractivity contribution in [2.24, 2.45) is 0 Å². The predicted molar refractivity (Wildman–Crippen MR) is 81.9 cm³/mol. The normalized spacial score (nSPS) is 16.5. The van der Waals surface area contributed by atoms with E-state index in [1.165, 1.54) is 16.0 Å². The summed E-state index contributed by atoms with van der Waals surface area (Å²) in [7, 11) is 0. The minimum atomic E-state index is -0.252. The molecule has 1 aromatic carbocycles. The summed E-state index contributed by atoms with van der Waals surface area (Å²) in [4.78, 5) is 13.4. The first-order chi connectivity index (χ1) is 10.1. The van der Waals surface area contributed by atoms with E-state index in [2.05, 4.69) is 19.9 Å². The SMILES string of the molecule is Cc1cc(C)c2c(C[NH+]3CCOCC3)cc(=O)oc2c1C. The average molecular weight is 288 g/mol. The topological polar surface area (TPSA) is 43.9 Å². The van der Waals surface area contributed by atoms with Gasteiger partial charge in [0.05, 0.1) is 13.2 Å². The minimum absolute atomic E-state index is 0.252. The minimum Gasteiger partial charge on any atom is -0.422 e. The van der Waals surface area contributed by atoms with E-state index in [9.17, 15) is 4.79 Å². The maximum Gasteiger partial charge on any atom is 0.336 e. The highest BCUT2D eigenvalue weighted by molar-refractivity contribution is 5.87. The summed E-state index contributed by atoms with van der Waals surface area (Å²) in [6, 6.07) is 3.84. The molecule has 0 bridgehead atoms. The second-order valence-electron chi connectivity index (χ2n) is 5.97. The van der Waals surface area contributed by atoms with Crippen LogP contribution in [0.4, 0.5) is 0 Å². The van der Waals surface area contributed by atoms with Crippen molar-refractivity contribution < 1.29 is 14.1 Å². The summed E-state index contributed by atoms with van der Waals surface area (Å²) in [5.41, 5.74) is 5.00. The number of hydrogen-bond acceptors (Lipinski definition) is 3. The molecule has 112 valence electrons. The van der Waals surface area contributed by atoms with Gasteiger partial charge in [0, 0.05) is 17.0 Å². The van der Waals surface area contributed by atoms with Crippen molar-refractivity contribution in [1.82, 2.24) is 0 Å². The molecule has 0 atom stereocenters. The first kappa shape index (κ1) is 14.3. The Morgan fingerprint density at radius 3 is 2.52 bits per heavy atom. The number of hydrogen-bond donors (Lipinski definition) is 1. The van der Waals surface area contributed by atoms with E-state index in [1.54, 1.807) is 6.07 Å². The molecule has 1 aromatic heterocycles. The van der Waals surface area contributed by atoms with Gasteiger partial charge in [0.25, 0.3) is 0 Å². The maximum absolute atomic E-state index is 11.9. The van der Waals surface area contributed by atoms with Crippen molar-refractivity contribution in [2.75, 3.05) is 26.3 Å². The molecule has 4 heteroatoms. The van der Waals surface area contributed by atoms with E-state index in [-0.39, 0.29) is 5.63 Å². The lowest BCUT2D eigenvalue weighted by molar-refractivity contribution is -0.921. The molecule has 0 spiro atoms. The average Bonchev–Trinajstić information content (AvgIpc) is 2.45. The lowest BCUT2D eigenvalue weighted by atomic mass is 9.98. The van der Waals surface area contributed by atoms with Crippen LogP contribution in [0.25, 0.3) is 11.0 Å². The molecule has 21 heavy (non-hydrogen) atoms. The van der Waals surface area contributed by atoms with Crippen molar-refractivity contribution in [3.05, 3.63) is 44.8 Å². The molecule has 2 heterocycles. The van der Waals surface area contributed by atoms with Crippen LogP contribution in [0.15, 0.2) is 21.3 Å². The fourth-order valence-corrected chi connectivity index (χ4v) is 3.17. The molecule has 1 aliphatic rings. The number of morpholine rings is 1. The molecular weight excluding hydrogens is 266 g/mol. The Labute approximate surface area is 124 Å². The molecule has 0 amide bonds. The third-order valence-electron chi connectivity index (χ3n) is 4.44. The number of quaternary nitrogens is 1. The van der Waals surface area contributed by atoms with E-state index in [4.69, 9.17) is 9.15 Å². The molecule has 0 aliphatic carbocycles. The zero-order valence-corrected chi connectivity index (χ0v) is 12.9. The van der Waals surface area contributed by atoms with E-state index in [0.717, 1.165) is 54.9 Å². The lowest BCUT2D eigenvalue weighted by Gasteiger charge is -2.24. The van der Waals surface area contributed by atoms with Gasteiger partial charge in [0.1, 0.15) is 25.2 Å². The molecule has 0 saturated carbocycles. The second-order valence-corrected chi connectivity index (χ2v) is 5.97. The smallest absolute Gasteiger partial charge is 0.336 e. The van der Waals surface area contributed by atoms with Gasteiger partial charge in [-0.05, 0) is 37.5 Å². The number of rotatable bonds is 2. The van der Waals surface area contributed by atoms with Crippen LogP contribution in [0.2, 0.25) is 0 Å². The van der Waals surface area contributed by atoms with Gasteiger partial charge >= 0.3 is 5.63 Å².